The highest BCUT2D eigenvalue weighted by Gasteiger charge is 2.23. The number of nitrogens with zero attached hydrogens (tertiary/aromatic N) is 4. The molecule has 2 aromatic heterocycles. The molecule has 0 saturated carbocycles. The third-order valence-electron chi connectivity index (χ3n) is 5.40. The number of benzene rings is 2. The number of carbonyl (C=O) groups excluding carboxylic acids is 1. The molecule has 1 aliphatic rings. The van der Waals surface area contributed by atoms with E-state index in [2.05, 4.69) is 26.4 Å². The predicted molar refractivity (Wildman–Crippen MR) is 115 cm³/mol. The van der Waals surface area contributed by atoms with Crippen LogP contribution in [0.15, 0.2) is 54.6 Å². The van der Waals surface area contributed by atoms with E-state index < -0.39 is 0 Å². The van der Waals surface area contributed by atoms with Crippen LogP contribution in [0, 0.1) is 5.82 Å². The van der Waals surface area contributed by atoms with Crippen LogP contribution in [0.25, 0.3) is 21.5 Å². The van der Waals surface area contributed by atoms with Gasteiger partial charge in [-0.3, -0.25) is 9.69 Å². The maximum Gasteiger partial charge on any atom is 0.254 e. The number of hydrogen-bond donors (Lipinski definition) is 1. The molecule has 0 spiro atoms. The second kappa shape index (κ2) is 7.97. The molecule has 2 aromatic carbocycles. The highest BCUT2D eigenvalue weighted by atomic mass is 32.1. The first-order chi connectivity index (χ1) is 14.7. The van der Waals surface area contributed by atoms with Crippen molar-refractivity contribution in [2.45, 2.75) is 6.54 Å². The number of halogens is 1. The zero-order chi connectivity index (χ0) is 20.5. The van der Waals surface area contributed by atoms with Gasteiger partial charge in [0, 0.05) is 53.6 Å². The minimum atomic E-state index is -0.193. The summed E-state index contributed by atoms with van der Waals surface area (Å²) in [4.78, 5) is 19.2. The maximum atomic E-state index is 14.0. The van der Waals surface area contributed by atoms with Gasteiger partial charge in [-0.1, -0.05) is 18.2 Å². The van der Waals surface area contributed by atoms with Gasteiger partial charge in [-0.2, -0.15) is 15.4 Å². The molecule has 152 valence electrons. The standard InChI is InChI=1S/C22H20FN5OS/c23-18-4-2-1-3-17(18)21-8-6-16(30-21)14-27-9-11-28(12-10-27)22(29)15-5-7-19-20(13-15)25-26-24-19/h1-8,13H,9-12,14H2,(H,24,25,26). The molecule has 6 nitrogen and oxygen atoms in total. The smallest absolute Gasteiger partial charge is 0.254 e. The van der Waals surface area contributed by atoms with E-state index in [4.69, 9.17) is 0 Å². The minimum absolute atomic E-state index is 0.0255. The molecule has 4 aromatic rings. The third-order valence-corrected chi connectivity index (χ3v) is 6.51. The fourth-order valence-corrected chi connectivity index (χ4v) is 4.83. The molecule has 1 aliphatic heterocycles. The van der Waals surface area contributed by atoms with Crippen molar-refractivity contribution < 1.29 is 9.18 Å². The molecule has 0 radical (unpaired) electrons. The van der Waals surface area contributed by atoms with Gasteiger partial charge in [0.25, 0.3) is 5.91 Å². The Morgan fingerprint density at radius 2 is 1.80 bits per heavy atom. The van der Waals surface area contributed by atoms with Gasteiger partial charge in [-0.15, -0.1) is 11.3 Å². The molecule has 1 N–H and O–H groups in total. The largest absolute Gasteiger partial charge is 0.336 e. The average molecular weight is 422 g/mol. The summed E-state index contributed by atoms with van der Waals surface area (Å²) in [5, 5.41) is 10.7. The van der Waals surface area contributed by atoms with Crippen molar-refractivity contribution in [3.63, 3.8) is 0 Å². The number of hydrogen-bond acceptors (Lipinski definition) is 5. The molecular formula is C22H20FN5OS. The zero-order valence-corrected chi connectivity index (χ0v) is 17.0. The number of H-pyrrole nitrogens is 1. The molecule has 0 unspecified atom stereocenters. The molecule has 0 aliphatic carbocycles. The zero-order valence-electron chi connectivity index (χ0n) is 16.2. The van der Waals surface area contributed by atoms with Crippen molar-refractivity contribution in [2.75, 3.05) is 26.2 Å². The van der Waals surface area contributed by atoms with Crippen LogP contribution in [-0.2, 0) is 6.54 Å². The van der Waals surface area contributed by atoms with Crippen LogP contribution in [0.2, 0.25) is 0 Å². The van der Waals surface area contributed by atoms with E-state index in [-0.39, 0.29) is 11.7 Å². The Kier molecular flexibility index (Phi) is 5.02. The molecule has 0 bridgehead atoms. The Bertz CT molecular complexity index is 1190. The molecule has 1 fully saturated rings. The number of fused-ring (bicyclic) bond motifs is 1. The normalized spacial score (nSPS) is 15.0. The number of amides is 1. The molecule has 8 heteroatoms. The number of thiophene rings is 1. The predicted octanol–water partition coefficient (Wildman–Crippen LogP) is 3.78. The monoisotopic (exact) mass is 421 g/mol. The van der Waals surface area contributed by atoms with Crippen molar-refractivity contribution in [1.82, 2.24) is 25.2 Å². The second-order valence-electron chi connectivity index (χ2n) is 7.34. The van der Waals surface area contributed by atoms with Crippen LogP contribution in [0.4, 0.5) is 4.39 Å². The number of nitrogens with one attached hydrogen (secondary N) is 1. The summed E-state index contributed by atoms with van der Waals surface area (Å²) in [6.45, 7) is 3.80. The van der Waals surface area contributed by atoms with Gasteiger partial charge in [0.2, 0.25) is 0 Å². The van der Waals surface area contributed by atoms with E-state index in [1.54, 1.807) is 29.5 Å². The number of carbonyl (C=O) groups is 1. The number of rotatable bonds is 4. The third kappa shape index (κ3) is 3.71. The van der Waals surface area contributed by atoms with Gasteiger partial charge in [0.05, 0.1) is 0 Å². The molecule has 1 amide bonds. The van der Waals surface area contributed by atoms with Crippen LogP contribution in [0.5, 0.6) is 0 Å². The first-order valence-corrected chi connectivity index (χ1v) is 10.6. The molecule has 3 heterocycles. The Labute approximate surface area is 176 Å². The number of aromatic amines is 1. The minimum Gasteiger partial charge on any atom is -0.336 e. The lowest BCUT2D eigenvalue weighted by atomic mass is 10.1. The quantitative estimate of drug-likeness (QED) is 0.545. The van der Waals surface area contributed by atoms with Crippen molar-refractivity contribution in [3.05, 3.63) is 70.9 Å². The van der Waals surface area contributed by atoms with E-state index in [1.807, 2.05) is 29.2 Å². The van der Waals surface area contributed by atoms with Crippen LogP contribution in [0.3, 0.4) is 0 Å². The van der Waals surface area contributed by atoms with E-state index in [0.717, 1.165) is 30.0 Å². The Morgan fingerprint density at radius 3 is 2.63 bits per heavy atom. The van der Waals surface area contributed by atoms with Gasteiger partial charge in [-0.25, -0.2) is 4.39 Å². The second-order valence-corrected chi connectivity index (χ2v) is 8.51. The van der Waals surface area contributed by atoms with Crippen molar-refractivity contribution in [2.24, 2.45) is 0 Å². The van der Waals surface area contributed by atoms with E-state index in [0.29, 0.717) is 29.7 Å². The van der Waals surface area contributed by atoms with E-state index in [1.165, 1.54) is 10.9 Å². The van der Waals surface area contributed by atoms with E-state index in [9.17, 15) is 9.18 Å². The lowest BCUT2D eigenvalue weighted by Crippen LogP contribution is -2.48. The molecule has 30 heavy (non-hydrogen) atoms. The maximum absolute atomic E-state index is 14.0. The Hall–Kier alpha value is -3.10. The SMILES string of the molecule is O=C(c1ccc2n[nH]nc2c1)N1CCN(Cc2ccc(-c3ccccc3F)s2)CC1. The highest BCUT2D eigenvalue weighted by molar-refractivity contribution is 7.15. The summed E-state index contributed by atoms with van der Waals surface area (Å²) < 4.78 is 14.0. The number of piperazine rings is 1. The fraction of sp³-hybridized carbons (Fsp3) is 0.227. The average Bonchev–Trinajstić information content (AvgIpc) is 3.43. The molecular weight excluding hydrogens is 401 g/mol. The fourth-order valence-electron chi connectivity index (χ4n) is 3.75. The molecule has 1 saturated heterocycles. The molecule has 0 atom stereocenters. The summed E-state index contributed by atoms with van der Waals surface area (Å²) in [6, 6.07) is 16.3. The lowest BCUT2D eigenvalue weighted by molar-refractivity contribution is 0.0630. The summed E-state index contributed by atoms with van der Waals surface area (Å²) in [5.74, 6) is -0.167. The van der Waals surface area contributed by atoms with Crippen molar-refractivity contribution in [1.29, 1.82) is 0 Å². The topological polar surface area (TPSA) is 65.1 Å². The Morgan fingerprint density at radius 1 is 1.00 bits per heavy atom. The first-order valence-electron chi connectivity index (χ1n) is 9.83. The van der Waals surface area contributed by atoms with Crippen LogP contribution in [0.1, 0.15) is 15.2 Å². The van der Waals surface area contributed by atoms with Crippen LogP contribution in [-0.4, -0.2) is 57.3 Å². The van der Waals surface area contributed by atoms with Gasteiger partial charge >= 0.3 is 0 Å². The van der Waals surface area contributed by atoms with Gasteiger partial charge < -0.3 is 4.90 Å². The number of aromatic nitrogens is 3. The lowest BCUT2D eigenvalue weighted by Gasteiger charge is -2.34. The van der Waals surface area contributed by atoms with Crippen molar-refractivity contribution >= 4 is 28.3 Å². The van der Waals surface area contributed by atoms with Crippen LogP contribution >= 0.6 is 11.3 Å². The van der Waals surface area contributed by atoms with Gasteiger partial charge in [0.1, 0.15) is 16.9 Å². The summed E-state index contributed by atoms with van der Waals surface area (Å²) in [6.07, 6.45) is 0. The molecule has 5 rings (SSSR count). The first kappa shape index (κ1) is 18.9. The van der Waals surface area contributed by atoms with Crippen LogP contribution < -0.4 is 0 Å². The van der Waals surface area contributed by atoms with Gasteiger partial charge in [-0.05, 0) is 36.4 Å². The van der Waals surface area contributed by atoms with E-state index >= 15 is 0 Å². The van der Waals surface area contributed by atoms with Crippen molar-refractivity contribution in [3.8, 4) is 10.4 Å². The van der Waals surface area contributed by atoms with Gasteiger partial charge in [0.15, 0.2) is 0 Å². The summed E-state index contributed by atoms with van der Waals surface area (Å²) >= 11 is 1.62. The summed E-state index contributed by atoms with van der Waals surface area (Å²) in [7, 11) is 0. The Balaban J connectivity index is 1.20. The summed E-state index contributed by atoms with van der Waals surface area (Å²) in [5.41, 5.74) is 2.73. The highest BCUT2D eigenvalue weighted by Crippen LogP contribution is 2.30.